The molecule has 0 saturated carbocycles. The van der Waals surface area contributed by atoms with E-state index in [1.807, 2.05) is 12.3 Å². The largest absolute Gasteiger partial charge is 0.292 e. The Balaban J connectivity index is 2.77. The maximum atomic E-state index is 4.46. The van der Waals surface area contributed by atoms with E-state index in [-0.39, 0.29) is 0 Å². The molecule has 68 valence electrons. The van der Waals surface area contributed by atoms with Crippen molar-refractivity contribution < 1.29 is 0 Å². The first-order valence-electron chi connectivity index (χ1n) is 4.18. The number of pyridine rings is 1. The number of fused-ring (bicyclic) bond motifs is 1. The van der Waals surface area contributed by atoms with Crippen molar-refractivity contribution in [1.82, 2.24) is 8.96 Å². The number of rotatable bonds is 1. The van der Waals surface area contributed by atoms with Gasteiger partial charge >= 0.3 is 0 Å². The summed E-state index contributed by atoms with van der Waals surface area (Å²) in [6, 6.07) is 4.10. The van der Waals surface area contributed by atoms with Crippen molar-refractivity contribution >= 4 is 38.5 Å². The van der Waals surface area contributed by atoms with Crippen molar-refractivity contribution in [2.75, 3.05) is 0 Å². The van der Waals surface area contributed by atoms with Crippen LogP contribution >= 0.6 is 22.1 Å². The Morgan fingerprint density at radius 1 is 1.62 bits per heavy atom. The van der Waals surface area contributed by atoms with Gasteiger partial charge in [-0.2, -0.15) is 0 Å². The average molecular weight is 210 g/mol. The van der Waals surface area contributed by atoms with Crippen LogP contribution in [0.5, 0.6) is 0 Å². The monoisotopic (exact) mass is 210 g/mol. The Hall–Kier alpha value is -0.530. The summed E-state index contributed by atoms with van der Waals surface area (Å²) in [6.07, 6.45) is 2.91. The van der Waals surface area contributed by atoms with Gasteiger partial charge in [0.1, 0.15) is 0 Å². The van der Waals surface area contributed by atoms with Gasteiger partial charge < -0.3 is 0 Å². The van der Waals surface area contributed by atoms with E-state index in [4.69, 9.17) is 0 Å². The third kappa shape index (κ3) is 1.47. The van der Waals surface area contributed by atoms with Gasteiger partial charge in [0.05, 0.1) is 16.5 Å². The zero-order valence-corrected chi connectivity index (χ0v) is 9.41. The van der Waals surface area contributed by atoms with E-state index in [9.17, 15) is 0 Å². The first-order chi connectivity index (χ1) is 6.22. The Kier molecular flexibility index (Phi) is 2.31. The van der Waals surface area contributed by atoms with E-state index >= 15 is 0 Å². The minimum Gasteiger partial charge on any atom is -0.292 e. The molecule has 1 unspecified atom stereocenters. The molecule has 0 amide bonds. The number of aromatic nitrogens is 2. The minimum atomic E-state index is 0.997. The van der Waals surface area contributed by atoms with Gasteiger partial charge in [0, 0.05) is 6.20 Å². The first-order valence-corrected chi connectivity index (χ1v) is 5.16. The van der Waals surface area contributed by atoms with Gasteiger partial charge in [0.2, 0.25) is 0 Å². The molecule has 0 bridgehead atoms. The fraction of sp³-hybridized carbons (Fsp3) is 0.222. The topological polar surface area (TPSA) is 17.8 Å². The normalized spacial score (nSPS) is 11.0. The van der Waals surface area contributed by atoms with E-state index in [0.29, 0.717) is 0 Å². The van der Waals surface area contributed by atoms with E-state index in [1.165, 1.54) is 5.56 Å². The summed E-state index contributed by atoms with van der Waals surface area (Å²) in [4.78, 5) is 4.46. The van der Waals surface area contributed by atoms with Crippen molar-refractivity contribution in [1.29, 1.82) is 0 Å². The van der Waals surface area contributed by atoms with Gasteiger partial charge in [-0.3, -0.25) is 3.97 Å². The smallest absolute Gasteiger partial charge is 0.0897 e. The maximum absolute atomic E-state index is 4.46. The van der Waals surface area contributed by atoms with E-state index in [0.717, 1.165) is 22.9 Å². The van der Waals surface area contributed by atoms with Crippen LogP contribution in [0.4, 0.5) is 0 Å². The van der Waals surface area contributed by atoms with Crippen LogP contribution in [0, 0.1) is 0 Å². The Labute approximate surface area is 85.1 Å². The second-order valence-corrected chi connectivity index (χ2v) is 3.93. The zero-order chi connectivity index (χ0) is 9.42. The molecular formula is C9H11N2PS. The lowest BCUT2D eigenvalue weighted by Crippen LogP contribution is -2.05. The van der Waals surface area contributed by atoms with E-state index in [2.05, 4.69) is 40.0 Å². The molecule has 2 aromatic heterocycles. The van der Waals surface area contributed by atoms with Gasteiger partial charge in [-0.1, -0.05) is 29.0 Å². The molecule has 13 heavy (non-hydrogen) atoms. The highest BCUT2D eigenvalue weighted by Gasteiger charge is 2.04. The second kappa shape index (κ2) is 3.32. The number of hydrogen-bond donors (Lipinski definition) is 1. The fourth-order valence-corrected chi connectivity index (χ4v) is 2.04. The second-order valence-electron chi connectivity index (χ2n) is 2.95. The Morgan fingerprint density at radius 2 is 2.38 bits per heavy atom. The van der Waals surface area contributed by atoms with Crippen molar-refractivity contribution in [3.05, 3.63) is 23.9 Å². The van der Waals surface area contributed by atoms with Crippen LogP contribution in [0.2, 0.25) is 0 Å². The van der Waals surface area contributed by atoms with Crippen LogP contribution in [-0.4, -0.2) is 8.96 Å². The predicted molar refractivity (Wildman–Crippen MR) is 62.8 cm³/mol. The van der Waals surface area contributed by atoms with Crippen LogP contribution in [-0.2, 0) is 6.42 Å². The zero-order valence-electron chi connectivity index (χ0n) is 7.36. The molecule has 0 N–H and O–H groups in total. The van der Waals surface area contributed by atoms with Gasteiger partial charge in [-0.05, 0) is 24.1 Å². The lowest BCUT2D eigenvalue weighted by atomic mass is 10.2. The molecule has 2 nitrogen and oxygen atoms in total. The molecule has 0 aliphatic heterocycles. The number of nitrogens with zero attached hydrogens (tertiary/aromatic N) is 2. The lowest BCUT2D eigenvalue weighted by molar-refractivity contribution is 1.14. The van der Waals surface area contributed by atoms with Crippen molar-refractivity contribution in [3.63, 3.8) is 0 Å². The summed E-state index contributed by atoms with van der Waals surface area (Å²) in [7, 11) is 2.67. The highest BCUT2D eigenvalue weighted by molar-refractivity contribution is 7.78. The summed E-state index contributed by atoms with van der Waals surface area (Å²) < 4.78 is 1.80. The molecular weight excluding hydrogens is 199 g/mol. The number of thiol groups is 1. The minimum absolute atomic E-state index is 0.997. The molecule has 0 fully saturated rings. The van der Waals surface area contributed by atoms with Crippen molar-refractivity contribution in [2.24, 2.45) is 0 Å². The molecule has 0 aromatic carbocycles. The van der Waals surface area contributed by atoms with Gasteiger partial charge in [-0.15, -0.1) is 0 Å². The van der Waals surface area contributed by atoms with Crippen LogP contribution in [0.25, 0.3) is 11.0 Å². The summed E-state index contributed by atoms with van der Waals surface area (Å²) in [5, 5.41) is 0. The number of hydrogen-bond acceptors (Lipinski definition) is 2. The molecule has 0 spiro atoms. The van der Waals surface area contributed by atoms with Crippen LogP contribution in [0.1, 0.15) is 12.5 Å². The third-order valence-corrected chi connectivity index (χ3v) is 2.99. The SMILES string of the molecule is CCc1cc2c(ccn2S)nc1P. The molecule has 2 heterocycles. The molecule has 0 saturated heterocycles. The predicted octanol–water partition coefficient (Wildman–Crippen LogP) is 1.79. The molecule has 0 aliphatic carbocycles. The Morgan fingerprint density at radius 3 is 3.08 bits per heavy atom. The summed E-state index contributed by atoms with van der Waals surface area (Å²) in [5.74, 6) is 0. The molecule has 2 rings (SSSR count). The highest BCUT2D eigenvalue weighted by atomic mass is 32.1. The van der Waals surface area contributed by atoms with Gasteiger partial charge in [0.25, 0.3) is 0 Å². The lowest BCUT2D eigenvalue weighted by Gasteiger charge is -2.02. The first kappa shape index (κ1) is 9.04. The van der Waals surface area contributed by atoms with E-state index in [1.54, 1.807) is 3.97 Å². The van der Waals surface area contributed by atoms with Crippen LogP contribution in [0.3, 0.4) is 0 Å². The average Bonchev–Trinajstić information content (AvgIpc) is 2.46. The molecule has 1 atom stereocenters. The van der Waals surface area contributed by atoms with Crippen molar-refractivity contribution in [2.45, 2.75) is 13.3 Å². The van der Waals surface area contributed by atoms with Crippen LogP contribution in [0.15, 0.2) is 18.3 Å². The number of aryl methyl sites for hydroxylation is 1. The quantitative estimate of drug-likeness (QED) is 0.561. The van der Waals surface area contributed by atoms with E-state index < -0.39 is 0 Å². The summed E-state index contributed by atoms with van der Waals surface area (Å²) in [5.41, 5.74) is 4.37. The third-order valence-electron chi connectivity index (χ3n) is 2.14. The Bertz CT molecular complexity index is 450. The summed E-state index contributed by atoms with van der Waals surface area (Å²) >= 11 is 4.29. The summed E-state index contributed by atoms with van der Waals surface area (Å²) in [6.45, 7) is 2.13. The fourth-order valence-electron chi connectivity index (χ4n) is 1.38. The highest BCUT2D eigenvalue weighted by Crippen LogP contribution is 2.16. The van der Waals surface area contributed by atoms with Crippen LogP contribution < -0.4 is 5.44 Å². The standard InChI is InChI=1S/C9H11N2PS/c1-2-6-5-8-7(10-9(6)12)3-4-11(8)13/h3-5,13H,2,12H2,1H3. The molecule has 0 radical (unpaired) electrons. The van der Waals surface area contributed by atoms with Gasteiger partial charge in [0.15, 0.2) is 0 Å². The molecule has 0 aliphatic rings. The maximum Gasteiger partial charge on any atom is 0.0897 e. The molecule has 2 aromatic rings. The van der Waals surface area contributed by atoms with Gasteiger partial charge in [-0.25, -0.2) is 4.98 Å². The van der Waals surface area contributed by atoms with Crippen molar-refractivity contribution in [3.8, 4) is 0 Å². The molecule has 4 heteroatoms.